The Kier molecular flexibility index (Phi) is 2.94. The highest BCUT2D eigenvalue weighted by atomic mass is 16.5. The summed E-state index contributed by atoms with van der Waals surface area (Å²) in [5, 5.41) is 5.92. The highest BCUT2D eigenvalue weighted by Gasteiger charge is 2.25. The molecule has 1 aliphatic heterocycles. The van der Waals surface area contributed by atoms with Gasteiger partial charge in [-0.1, -0.05) is 18.2 Å². The number of pyridine rings is 1. The zero-order valence-electron chi connectivity index (χ0n) is 12.7. The molecule has 2 aliphatic rings. The van der Waals surface area contributed by atoms with Crippen molar-refractivity contribution in [1.29, 1.82) is 0 Å². The lowest BCUT2D eigenvalue weighted by atomic mass is 10.0. The molecule has 1 N–H and O–H groups in total. The molecule has 0 bridgehead atoms. The molecular formula is C18H14N2O3. The van der Waals surface area contributed by atoms with Gasteiger partial charge in [-0.3, -0.25) is 0 Å². The van der Waals surface area contributed by atoms with Crippen molar-refractivity contribution in [3.05, 3.63) is 47.4 Å². The summed E-state index contributed by atoms with van der Waals surface area (Å²) in [6, 6.07) is 13.4. The molecule has 0 saturated carbocycles. The smallest absolute Gasteiger partial charge is 0.199 e. The van der Waals surface area contributed by atoms with Gasteiger partial charge in [-0.2, -0.15) is 0 Å². The first-order chi connectivity index (χ1) is 11.3. The second kappa shape index (κ2) is 4.98. The minimum absolute atomic E-state index is 0.414. The Morgan fingerprint density at radius 3 is 2.48 bits per heavy atom. The van der Waals surface area contributed by atoms with Crippen LogP contribution < -0.4 is 9.47 Å². The van der Waals surface area contributed by atoms with Gasteiger partial charge >= 0.3 is 0 Å². The van der Waals surface area contributed by atoms with Crippen molar-refractivity contribution >= 4 is 27.4 Å². The third kappa shape index (κ3) is 1.80. The Hall–Kier alpha value is -3.08. The molecule has 0 amide bonds. The number of aromatic nitrogens is 1. The molecule has 0 atom stereocenters. The molecule has 114 valence electrons. The Bertz CT molecular complexity index is 1020. The van der Waals surface area contributed by atoms with Crippen molar-refractivity contribution < 1.29 is 9.47 Å². The molecule has 2 aromatic carbocycles. The minimum Gasteiger partial charge on any atom is -0.497 e. The van der Waals surface area contributed by atoms with Crippen LogP contribution in [-0.4, -0.2) is 19.2 Å². The number of benzene rings is 2. The highest BCUT2D eigenvalue weighted by molar-refractivity contribution is 6.20. The van der Waals surface area contributed by atoms with E-state index in [1.165, 1.54) is 0 Å². The van der Waals surface area contributed by atoms with Crippen LogP contribution in [0.5, 0.6) is 11.6 Å². The SMILES string of the molecule is COc1ccc2c3c(OC)[nH]c4ccccc4c-3c(N=O)c2c1. The van der Waals surface area contributed by atoms with Crippen molar-refractivity contribution in [2.24, 2.45) is 5.18 Å². The molecule has 0 spiro atoms. The van der Waals surface area contributed by atoms with Crippen molar-refractivity contribution in [3.63, 3.8) is 0 Å². The van der Waals surface area contributed by atoms with Crippen LogP contribution >= 0.6 is 0 Å². The van der Waals surface area contributed by atoms with Gasteiger partial charge in [0.2, 0.25) is 0 Å². The van der Waals surface area contributed by atoms with Crippen molar-refractivity contribution in [2.75, 3.05) is 14.2 Å². The van der Waals surface area contributed by atoms with E-state index >= 15 is 0 Å². The quantitative estimate of drug-likeness (QED) is 0.551. The average Bonchev–Trinajstić information content (AvgIpc) is 2.94. The van der Waals surface area contributed by atoms with E-state index in [2.05, 4.69) is 10.2 Å². The lowest BCUT2D eigenvalue weighted by Gasteiger charge is -2.12. The van der Waals surface area contributed by atoms with Crippen LogP contribution in [0.2, 0.25) is 0 Å². The molecule has 0 unspecified atom stereocenters. The second-order valence-corrected chi connectivity index (χ2v) is 5.31. The molecule has 5 nitrogen and oxygen atoms in total. The fraction of sp³-hybridized carbons (Fsp3) is 0.111. The number of H-pyrrole nitrogens is 1. The molecule has 2 aromatic rings. The zero-order chi connectivity index (χ0) is 16.0. The van der Waals surface area contributed by atoms with Gasteiger partial charge in [-0.15, -0.1) is 4.91 Å². The van der Waals surface area contributed by atoms with Crippen LogP contribution in [0.25, 0.3) is 32.8 Å². The predicted octanol–water partition coefficient (Wildman–Crippen LogP) is 4.84. The van der Waals surface area contributed by atoms with Crippen molar-refractivity contribution in [3.8, 4) is 22.8 Å². The first-order valence-electron chi connectivity index (χ1n) is 7.20. The number of hydrogen-bond donors (Lipinski definition) is 1. The van der Waals surface area contributed by atoms with E-state index in [-0.39, 0.29) is 0 Å². The average molecular weight is 306 g/mol. The lowest BCUT2D eigenvalue weighted by molar-refractivity contribution is 0.402. The number of hydrogen-bond acceptors (Lipinski definition) is 4. The van der Waals surface area contributed by atoms with E-state index in [0.717, 1.165) is 32.8 Å². The maximum atomic E-state index is 11.6. The summed E-state index contributed by atoms with van der Waals surface area (Å²) in [5.41, 5.74) is 2.97. The number of methoxy groups -OCH3 is 2. The summed E-state index contributed by atoms with van der Waals surface area (Å²) in [4.78, 5) is 14.9. The molecule has 5 heteroatoms. The van der Waals surface area contributed by atoms with E-state index in [0.29, 0.717) is 17.3 Å². The number of aromatic amines is 1. The summed E-state index contributed by atoms with van der Waals surface area (Å²) >= 11 is 0. The van der Waals surface area contributed by atoms with E-state index in [4.69, 9.17) is 9.47 Å². The standard InChI is InChI=1S/C18H14N2O3/c1-22-10-7-8-11-13(9-10)17(20-21)15-12-5-3-4-6-14(12)19-18(23-2)16(11)15/h3-9,19H,1-2H3. The third-order valence-electron chi connectivity index (χ3n) is 4.21. The van der Waals surface area contributed by atoms with Gasteiger partial charge in [0.1, 0.15) is 11.4 Å². The highest BCUT2D eigenvalue weighted by Crippen LogP contribution is 2.51. The normalized spacial score (nSPS) is 11.2. The molecule has 1 aliphatic carbocycles. The molecule has 0 radical (unpaired) electrons. The molecule has 0 saturated heterocycles. The second-order valence-electron chi connectivity index (χ2n) is 5.31. The predicted molar refractivity (Wildman–Crippen MR) is 91.0 cm³/mol. The van der Waals surface area contributed by atoms with Gasteiger partial charge in [0, 0.05) is 21.9 Å². The largest absolute Gasteiger partial charge is 0.497 e. The zero-order valence-corrected chi connectivity index (χ0v) is 12.7. The van der Waals surface area contributed by atoms with Gasteiger partial charge in [0.25, 0.3) is 0 Å². The number of rotatable bonds is 3. The first-order valence-corrected chi connectivity index (χ1v) is 7.20. The molecule has 23 heavy (non-hydrogen) atoms. The lowest BCUT2D eigenvalue weighted by Crippen LogP contribution is -1.93. The molecule has 4 rings (SSSR count). The Labute approximate surface area is 132 Å². The van der Waals surface area contributed by atoms with E-state index in [1.54, 1.807) is 14.2 Å². The fourth-order valence-electron chi connectivity index (χ4n) is 3.19. The Balaban J connectivity index is 2.29. The van der Waals surface area contributed by atoms with E-state index < -0.39 is 0 Å². The maximum absolute atomic E-state index is 11.6. The van der Waals surface area contributed by atoms with Crippen LogP contribution in [0.15, 0.2) is 47.6 Å². The van der Waals surface area contributed by atoms with E-state index in [1.807, 2.05) is 42.5 Å². The van der Waals surface area contributed by atoms with Gasteiger partial charge < -0.3 is 14.5 Å². The summed E-state index contributed by atoms with van der Waals surface area (Å²) in [5.74, 6) is 1.30. The third-order valence-corrected chi connectivity index (χ3v) is 4.21. The molecule has 1 heterocycles. The summed E-state index contributed by atoms with van der Waals surface area (Å²) < 4.78 is 10.8. The van der Waals surface area contributed by atoms with Crippen LogP contribution in [-0.2, 0) is 0 Å². The fourth-order valence-corrected chi connectivity index (χ4v) is 3.19. The van der Waals surface area contributed by atoms with Crippen molar-refractivity contribution in [1.82, 2.24) is 4.98 Å². The van der Waals surface area contributed by atoms with Gasteiger partial charge in [0.15, 0.2) is 5.88 Å². The van der Waals surface area contributed by atoms with Crippen LogP contribution in [0.4, 0.5) is 5.69 Å². The van der Waals surface area contributed by atoms with Crippen LogP contribution in [0.3, 0.4) is 0 Å². The summed E-state index contributed by atoms with van der Waals surface area (Å²) in [7, 11) is 3.21. The summed E-state index contributed by atoms with van der Waals surface area (Å²) in [6.45, 7) is 0. The van der Waals surface area contributed by atoms with E-state index in [9.17, 15) is 4.91 Å². The van der Waals surface area contributed by atoms with Crippen molar-refractivity contribution in [2.45, 2.75) is 0 Å². The molecule has 0 fully saturated rings. The Morgan fingerprint density at radius 2 is 1.74 bits per heavy atom. The summed E-state index contributed by atoms with van der Waals surface area (Å²) in [6.07, 6.45) is 0. The van der Waals surface area contributed by atoms with Crippen LogP contribution in [0.1, 0.15) is 0 Å². The Morgan fingerprint density at radius 1 is 0.913 bits per heavy atom. The topological polar surface area (TPSA) is 63.7 Å². The number of ether oxygens (including phenoxy) is 2. The van der Waals surface area contributed by atoms with Gasteiger partial charge in [0.05, 0.1) is 19.8 Å². The van der Waals surface area contributed by atoms with Crippen LogP contribution in [0, 0.1) is 4.91 Å². The number of nitrogens with one attached hydrogen (secondary N) is 1. The molecular weight excluding hydrogens is 292 g/mol. The number of nitroso groups, excluding NO2 is 1. The minimum atomic E-state index is 0.414. The first kappa shape index (κ1) is 13.6. The molecule has 0 aromatic heterocycles. The van der Waals surface area contributed by atoms with Gasteiger partial charge in [-0.25, -0.2) is 0 Å². The number of nitrogens with zero attached hydrogens (tertiary/aromatic N) is 1. The maximum Gasteiger partial charge on any atom is 0.199 e. The monoisotopic (exact) mass is 306 g/mol. The number of para-hydroxylation sites is 1. The number of fused-ring (bicyclic) bond motifs is 5. The van der Waals surface area contributed by atoms with Gasteiger partial charge in [-0.05, 0) is 34.8 Å².